The van der Waals surface area contributed by atoms with E-state index in [-0.39, 0.29) is 17.9 Å². The average Bonchev–Trinajstić information content (AvgIpc) is 3.22. The molecule has 0 aliphatic carbocycles. The Kier molecular flexibility index (Phi) is 6.90. The number of hydrogen-bond donors (Lipinski definition) is 2. The number of benzene rings is 2. The van der Waals surface area contributed by atoms with E-state index >= 15 is 0 Å². The zero-order valence-electron chi connectivity index (χ0n) is 15.6. The minimum Gasteiger partial charge on any atom is -0.479 e. The monoisotopic (exact) mass is 402 g/mol. The van der Waals surface area contributed by atoms with Crippen LogP contribution in [0.4, 0.5) is 5.69 Å². The summed E-state index contributed by atoms with van der Waals surface area (Å²) in [4.78, 5) is 24.5. The molecule has 1 heterocycles. The van der Waals surface area contributed by atoms with E-state index < -0.39 is 6.10 Å². The number of rotatable bonds is 7. The maximum Gasteiger partial charge on any atom is 0.265 e. The summed E-state index contributed by atoms with van der Waals surface area (Å²) >= 11 is 6.04. The van der Waals surface area contributed by atoms with E-state index in [1.807, 2.05) is 0 Å². The number of carbonyl (C=O) groups excluding carboxylic acids is 2. The summed E-state index contributed by atoms with van der Waals surface area (Å²) in [6.45, 7) is 2.91. The van der Waals surface area contributed by atoms with E-state index in [4.69, 9.17) is 21.1 Å². The highest BCUT2D eigenvalue weighted by atomic mass is 35.5. The molecule has 2 N–H and O–H groups in total. The van der Waals surface area contributed by atoms with Gasteiger partial charge in [0.25, 0.3) is 11.8 Å². The molecule has 28 heavy (non-hydrogen) atoms. The van der Waals surface area contributed by atoms with E-state index in [0.29, 0.717) is 28.6 Å². The van der Waals surface area contributed by atoms with Gasteiger partial charge in [-0.05, 0) is 56.2 Å². The molecule has 0 spiro atoms. The molecular formula is C21H23ClN2O4. The predicted molar refractivity (Wildman–Crippen MR) is 108 cm³/mol. The first-order chi connectivity index (χ1) is 13.5. The predicted octanol–water partition coefficient (Wildman–Crippen LogP) is 3.65. The van der Waals surface area contributed by atoms with Crippen molar-refractivity contribution in [2.24, 2.45) is 0 Å². The van der Waals surface area contributed by atoms with Crippen molar-refractivity contribution < 1.29 is 19.1 Å². The number of nitrogens with one attached hydrogen (secondary N) is 2. The quantitative estimate of drug-likeness (QED) is 0.741. The van der Waals surface area contributed by atoms with E-state index in [2.05, 4.69) is 10.6 Å². The van der Waals surface area contributed by atoms with Crippen molar-refractivity contribution in [1.29, 1.82) is 0 Å². The standard InChI is InChI=1S/C21H23ClN2O4/c1-14(28-19-7-3-2-6-18(19)22)20(25)24-16-10-8-15(9-11-16)21(26)23-13-17-5-4-12-27-17/h2-3,6-11,14,17H,4-5,12-13H2,1H3,(H,23,26)(H,24,25). The van der Waals surface area contributed by atoms with Gasteiger partial charge in [-0.3, -0.25) is 9.59 Å². The SMILES string of the molecule is CC(Oc1ccccc1Cl)C(=O)Nc1ccc(C(=O)NCC2CCCO2)cc1. The number of amides is 2. The molecule has 1 aliphatic rings. The smallest absolute Gasteiger partial charge is 0.265 e. The third-order valence-corrected chi connectivity index (χ3v) is 4.75. The van der Waals surface area contributed by atoms with Gasteiger partial charge in [-0.1, -0.05) is 23.7 Å². The van der Waals surface area contributed by atoms with Crippen molar-refractivity contribution in [2.75, 3.05) is 18.5 Å². The van der Waals surface area contributed by atoms with E-state index in [1.165, 1.54) is 0 Å². The number of hydrogen-bond acceptors (Lipinski definition) is 4. The van der Waals surface area contributed by atoms with Gasteiger partial charge < -0.3 is 20.1 Å². The lowest BCUT2D eigenvalue weighted by Gasteiger charge is -2.16. The van der Waals surface area contributed by atoms with Crippen LogP contribution in [-0.2, 0) is 9.53 Å². The van der Waals surface area contributed by atoms with E-state index in [0.717, 1.165) is 19.4 Å². The van der Waals surface area contributed by atoms with Crippen LogP contribution in [0.2, 0.25) is 5.02 Å². The van der Waals surface area contributed by atoms with Crippen LogP contribution in [-0.4, -0.2) is 37.2 Å². The third-order valence-electron chi connectivity index (χ3n) is 4.44. The van der Waals surface area contributed by atoms with Crippen molar-refractivity contribution in [3.05, 3.63) is 59.1 Å². The van der Waals surface area contributed by atoms with E-state index in [9.17, 15) is 9.59 Å². The van der Waals surface area contributed by atoms with Crippen LogP contribution in [0.5, 0.6) is 5.75 Å². The Balaban J connectivity index is 1.50. The molecule has 7 heteroatoms. The summed E-state index contributed by atoms with van der Waals surface area (Å²) < 4.78 is 11.1. The molecule has 0 bridgehead atoms. The zero-order chi connectivity index (χ0) is 19.9. The number of para-hydroxylation sites is 1. The lowest BCUT2D eigenvalue weighted by molar-refractivity contribution is -0.122. The minimum absolute atomic E-state index is 0.0992. The van der Waals surface area contributed by atoms with Crippen LogP contribution in [0.1, 0.15) is 30.1 Å². The molecule has 1 saturated heterocycles. The second kappa shape index (κ2) is 9.57. The van der Waals surface area contributed by atoms with Crippen LogP contribution in [0.15, 0.2) is 48.5 Å². The van der Waals surface area contributed by atoms with Crippen molar-refractivity contribution in [3.8, 4) is 5.75 Å². The Labute approximate surface area is 169 Å². The largest absolute Gasteiger partial charge is 0.479 e. The van der Waals surface area contributed by atoms with Gasteiger partial charge in [0.1, 0.15) is 5.75 Å². The first-order valence-corrected chi connectivity index (χ1v) is 9.62. The van der Waals surface area contributed by atoms with Crippen LogP contribution in [0.25, 0.3) is 0 Å². The maximum atomic E-state index is 12.3. The summed E-state index contributed by atoms with van der Waals surface area (Å²) in [6.07, 6.45) is 1.38. The number of halogens is 1. The number of carbonyl (C=O) groups is 2. The fourth-order valence-corrected chi connectivity index (χ4v) is 3.03. The lowest BCUT2D eigenvalue weighted by Crippen LogP contribution is -2.32. The van der Waals surface area contributed by atoms with Gasteiger partial charge in [0.15, 0.2) is 6.10 Å². The van der Waals surface area contributed by atoms with Crippen molar-refractivity contribution in [2.45, 2.75) is 32.0 Å². The molecule has 148 valence electrons. The number of ether oxygens (including phenoxy) is 2. The molecule has 0 saturated carbocycles. The number of anilines is 1. The molecule has 2 atom stereocenters. The Bertz CT molecular complexity index is 819. The normalized spacial score (nSPS) is 17.0. The molecule has 3 rings (SSSR count). The average molecular weight is 403 g/mol. The highest BCUT2D eigenvalue weighted by Gasteiger charge is 2.18. The van der Waals surface area contributed by atoms with Crippen molar-refractivity contribution >= 4 is 29.1 Å². The van der Waals surface area contributed by atoms with Gasteiger partial charge in [-0.15, -0.1) is 0 Å². The van der Waals surface area contributed by atoms with Crippen molar-refractivity contribution in [3.63, 3.8) is 0 Å². The first-order valence-electron chi connectivity index (χ1n) is 9.25. The highest BCUT2D eigenvalue weighted by Crippen LogP contribution is 2.24. The highest BCUT2D eigenvalue weighted by molar-refractivity contribution is 6.32. The van der Waals surface area contributed by atoms with Gasteiger partial charge in [-0.2, -0.15) is 0 Å². The summed E-state index contributed by atoms with van der Waals surface area (Å²) in [7, 11) is 0. The van der Waals surface area contributed by atoms with Crippen LogP contribution in [0.3, 0.4) is 0 Å². The summed E-state index contributed by atoms with van der Waals surface area (Å²) in [5.41, 5.74) is 1.10. The molecule has 0 aromatic heterocycles. The first kappa shape index (κ1) is 20.2. The summed E-state index contributed by atoms with van der Waals surface area (Å²) in [5, 5.41) is 6.08. The lowest BCUT2D eigenvalue weighted by atomic mass is 10.1. The Morgan fingerprint density at radius 1 is 1.21 bits per heavy atom. The summed E-state index contributed by atoms with van der Waals surface area (Å²) in [6, 6.07) is 13.7. The topological polar surface area (TPSA) is 76.7 Å². The molecule has 0 radical (unpaired) electrons. The second-order valence-corrected chi connectivity index (χ2v) is 7.01. The summed E-state index contributed by atoms with van der Waals surface area (Å²) in [5.74, 6) is -0.0237. The molecule has 2 aromatic rings. The van der Waals surface area contributed by atoms with Crippen molar-refractivity contribution in [1.82, 2.24) is 5.32 Å². The van der Waals surface area contributed by atoms with E-state index in [1.54, 1.807) is 55.5 Å². The minimum atomic E-state index is -0.728. The second-order valence-electron chi connectivity index (χ2n) is 6.60. The molecule has 1 aliphatic heterocycles. The molecule has 2 amide bonds. The molecule has 2 aromatic carbocycles. The molecular weight excluding hydrogens is 380 g/mol. The zero-order valence-corrected chi connectivity index (χ0v) is 16.4. The van der Waals surface area contributed by atoms with Crippen LogP contribution in [0, 0.1) is 0 Å². The molecule has 2 unspecified atom stereocenters. The van der Waals surface area contributed by atoms with Gasteiger partial charge in [0, 0.05) is 24.4 Å². The Hall–Kier alpha value is -2.57. The maximum absolute atomic E-state index is 12.3. The van der Waals surface area contributed by atoms with Crippen LogP contribution < -0.4 is 15.4 Å². The van der Waals surface area contributed by atoms with Gasteiger partial charge in [0.2, 0.25) is 0 Å². The third kappa shape index (κ3) is 5.47. The Morgan fingerprint density at radius 3 is 2.64 bits per heavy atom. The Morgan fingerprint density at radius 2 is 1.96 bits per heavy atom. The van der Waals surface area contributed by atoms with Gasteiger partial charge >= 0.3 is 0 Å². The molecule has 6 nitrogen and oxygen atoms in total. The van der Waals surface area contributed by atoms with Crippen LogP contribution >= 0.6 is 11.6 Å². The van der Waals surface area contributed by atoms with Gasteiger partial charge in [0.05, 0.1) is 11.1 Å². The van der Waals surface area contributed by atoms with Gasteiger partial charge in [-0.25, -0.2) is 0 Å². The fraction of sp³-hybridized carbons (Fsp3) is 0.333. The molecule has 1 fully saturated rings. The fourth-order valence-electron chi connectivity index (χ4n) is 2.85.